The summed E-state index contributed by atoms with van der Waals surface area (Å²) < 4.78 is 2.35. The molecule has 2 heterocycles. The maximum atomic E-state index is 4.47. The molecule has 0 radical (unpaired) electrons. The lowest BCUT2D eigenvalue weighted by Crippen LogP contribution is -2.05. The van der Waals surface area contributed by atoms with E-state index in [2.05, 4.69) is 162 Å². The van der Waals surface area contributed by atoms with Gasteiger partial charge >= 0.3 is 0 Å². The van der Waals surface area contributed by atoms with E-state index < -0.39 is 0 Å². The van der Waals surface area contributed by atoms with E-state index in [1.807, 2.05) is 25.4 Å². The molecule has 6 aromatic rings. The third-order valence-corrected chi connectivity index (χ3v) is 9.30. The van der Waals surface area contributed by atoms with E-state index >= 15 is 0 Å². The van der Waals surface area contributed by atoms with Crippen molar-refractivity contribution in [2.75, 3.05) is 7.05 Å². The Kier molecular flexibility index (Phi) is 7.08. The summed E-state index contributed by atoms with van der Waals surface area (Å²) >= 11 is 0. The zero-order chi connectivity index (χ0) is 31.9. The molecular formula is C44H34N3+. The normalized spacial score (nSPS) is 14.4. The topological polar surface area (TPSA) is 27.4 Å². The molecule has 3 heteroatoms. The first-order valence-corrected chi connectivity index (χ1v) is 16.0. The second-order valence-electron chi connectivity index (χ2n) is 12.0. The molecule has 6 aromatic carbocycles. The van der Waals surface area contributed by atoms with Crippen molar-refractivity contribution in [2.45, 2.75) is 6.92 Å². The van der Waals surface area contributed by atoms with Gasteiger partial charge in [-0.3, -0.25) is 4.99 Å². The summed E-state index contributed by atoms with van der Waals surface area (Å²) in [5.74, 6) is 0. The lowest BCUT2D eigenvalue weighted by atomic mass is 9.92. The maximum absolute atomic E-state index is 4.47. The van der Waals surface area contributed by atoms with E-state index in [0.717, 1.165) is 22.5 Å². The van der Waals surface area contributed by atoms with E-state index in [9.17, 15) is 0 Å². The molecule has 8 rings (SSSR count). The first-order chi connectivity index (χ1) is 23.1. The van der Waals surface area contributed by atoms with Crippen LogP contribution in [0.25, 0.3) is 55.6 Å². The molecule has 0 saturated carbocycles. The van der Waals surface area contributed by atoms with Crippen molar-refractivity contribution in [2.24, 2.45) is 4.99 Å². The highest BCUT2D eigenvalue weighted by atomic mass is 15.0. The van der Waals surface area contributed by atoms with Crippen molar-refractivity contribution in [1.82, 2.24) is 9.89 Å². The van der Waals surface area contributed by atoms with Gasteiger partial charge in [0.15, 0.2) is 6.21 Å². The molecule has 0 bridgehead atoms. The summed E-state index contributed by atoms with van der Waals surface area (Å²) in [5, 5.41) is 8.20. The third-order valence-electron chi connectivity index (χ3n) is 9.30. The Morgan fingerprint density at radius 2 is 1.53 bits per heavy atom. The fraction of sp³-hybridized carbons (Fsp3) is 0.0455. The zero-order valence-electron chi connectivity index (χ0n) is 26.5. The Morgan fingerprint density at radius 1 is 0.766 bits per heavy atom. The minimum absolute atomic E-state index is 1.02. The Labute approximate surface area is 275 Å². The van der Waals surface area contributed by atoms with Gasteiger partial charge < -0.3 is 5.32 Å². The number of hydrogen-bond donors (Lipinski definition) is 1. The standard InChI is InChI=1S/C44H34N3/c1-4-10-42(45-3)38-23-22-34(36-14-7-8-15-37(36)38)31-16-19-35-32(27-31)17-21-40-39-20-18-33(41-24-25-46-41)28-43(39)47(44(35)40)26-9-13-30-12-6-5-11-29(30)2/h4-28,45H,1H2,2-3H3/q+1/b13-9-,42-10-,47-26?. The molecule has 0 amide bonds. The minimum Gasteiger partial charge on any atom is -0.388 e. The van der Waals surface area contributed by atoms with Gasteiger partial charge in [0, 0.05) is 42.2 Å². The monoisotopic (exact) mass is 604 g/mol. The van der Waals surface area contributed by atoms with Crippen LogP contribution in [0, 0.1) is 6.92 Å². The average Bonchev–Trinajstić information content (AvgIpc) is 3.39. The molecule has 0 spiro atoms. The van der Waals surface area contributed by atoms with E-state index in [-0.39, 0.29) is 0 Å². The van der Waals surface area contributed by atoms with Crippen molar-refractivity contribution >= 4 is 56.6 Å². The highest BCUT2D eigenvalue weighted by Gasteiger charge is 2.34. The first-order valence-electron chi connectivity index (χ1n) is 16.0. The SMILES string of the molecule is C=C/C=C(\NC)c1ccc(-c2ccc3c4c(ccc3c2)-c2ccc(C3=NC=C3)cc2[N+]4=C/C=C\c2ccccc2C)c2ccccc12. The number of nitrogens with one attached hydrogen (secondary N) is 1. The van der Waals surface area contributed by atoms with Crippen molar-refractivity contribution < 1.29 is 0 Å². The number of fused-ring (bicyclic) bond motifs is 6. The fourth-order valence-electron chi connectivity index (χ4n) is 6.89. The lowest BCUT2D eigenvalue weighted by Gasteiger charge is -2.14. The van der Waals surface area contributed by atoms with Crippen LogP contribution < -0.4 is 9.89 Å². The smallest absolute Gasteiger partial charge is 0.227 e. The predicted octanol–water partition coefficient (Wildman–Crippen LogP) is 10.6. The first kappa shape index (κ1) is 28.4. The maximum Gasteiger partial charge on any atom is 0.227 e. The molecule has 3 nitrogen and oxygen atoms in total. The van der Waals surface area contributed by atoms with Crippen molar-refractivity contribution in [1.29, 1.82) is 0 Å². The minimum atomic E-state index is 1.02. The highest BCUT2D eigenvalue weighted by molar-refractivity contribution is 6.15. The Balaban J connectivity index is 1.28. The van der Waals surface area contributed by atoms with Crippen LogP contribution >= 0.6 is 0 Å². The number of allylic oxidation sites excluding steroid dienone is 4. The van der Waals surface area contributed by atoms with Crippen molar-refractivity contribution in [3.8, 4) is 22.3 Å². The molecule has 0 aliphatic carbocycles. The number of hydrogen-bond acceptors (Lipinski definition) is 2. The second kappa shape index (κ2) is 11.7. The summed E-state index contributed by atoms with van der Waals surface area (Å²) in [6.45, 7) is 6.06. The van der Waals surface area contributed by atoms with E-state index in [0.29, 0.717) is 0 Å². The van der Waals surface area contributed by atoms with Gasteiger partial charge in [0.25, 0.3) is 0 Å². The summed E-state index contributed by atoms with van der Waals surface area (Å²) in [4.78, 5) is 4.47. The van der Waals surface area contributed by atoms with Gasteiger partial charge in [0.2, 0.25) is 11.4 Å². The third kappa shape index (κ3) is 4.84. The van der Waals surface area contributed by atoms with Crippen LogP contribution in [0.4, 0.5) is 11.4 Å². The second-order valence-corrected chi connectivity index (χ2v) is 12.0. The number of nitrogens with zero attached hydrogens (tertiary/aromatic N) is 2. The van der Waals surface area contributed by atoms with Gasteiger partial charge in [0.05, 0.1) is 22.2 Å². The predicted molar refractivity (Wildman–Crippen MR) is 203 cm³/mol. The van der Waals surface area contributed by atoms with Gasteiger partial charge in [0.1, 0.15) is 0 Å². The van der Waals surface area contributed by atoms with Crippen LogP contribution in [0.1, 0.15) is 22.3 Å². The molecular weight excluding hydrogens is 571 g/mol. The van der Waals surface area contributed by atoms with E-state index in [1.165, 1.54) is 66.3 Å². The summed E-state index contributed by atoms with van der Waals surface area (Å²) in [6.07, 6.45) is 14.3. The molecule has 2 aliphatic heterocycles. The highest BCUT2D eigenvalue weighted by Crippen LogP contribution is 2.49. The molecule has 0 fully saturated rings. The average molecular weight is 605 g/mol. The molecule has 0 saturated heterocycles. The summed E-state index contributed by atoms with van der Waals surface area (Å²) in [6, 6.07) is 39.7. The van der Waals surface area contributed by atoms with Crippen molar-refractivity contribution in [3.05, 3.63) is 169 Å². The molecule has 47 heavy (non-hydrogen) atoms. The Bertz CT molecular complexity index is 2420. The van der Waals surface area contributed by atoms with Crippen LogP contribution in [-0.2, 0) is 0 Å². The van der Waals surface area contributed by atoms with Crippen molar-refractivity contribution in [3.63, 3.8) is 0 Å². The van der Waals surface area contributed by atoms with Gasteiger partial charge in [-0.05, 0) is 87.8 Å². The molecule has 0 unspecified atom stereocenters. The Morgan fingerprint density at radius 3 is 2.32 bits per heavy atom. The van der Waals surface area contributed by atoms with E-state index in [4.69, 9.17) is 0 Å². The van der Waals surface area contributed by atoms with Gasteiger partial charge in [-0.15, -0.1) is 0 Å². The molecule has 0 atom stereocenters. The number of aliphatic imine (C=N–C) groups is 1. The van der Waals surface area contributed by atoms with Gasteiger partial charge in [-0.25, -0.2) is 0 Å². The van der Waals surface area contributed by atoms with Crippen LogP contribution in [-0.4, -0.2) is 19.0 Å². The summed E-state index contributed by atoms with van der Waals surface area (Å²) in [7, 11) is 1.96. The number of benzene rings is 6. The fourth-order valence-corrected chi connectivity index (χ4v) is 6.89. The quantitative estimate of drug-likeness (QED) is 0.142. The number of rotatable bonds is 7. The largest absolute Gasteiger partial charge is 0.388 e. The van der Waals surface area contributed by atoms with Crippen LogP contribution in [0.2, 0.25) is 0 Å². The molecule has 0 aromatic heterocycles. The molecule has 1 N–H and O–H groups in total. The zero-order valence-corrected chi connectivity index (χ0v) is 26.5. The molecule has 224 valence electrons. The Hall–Kier alpha value is -6.06. The molecule has 2 aliphatic rings. The van der Waals surface area contributed by atoms with Gasteiger partial charge in [-0.2, -0.15) is 4.58 Å². The van der Waals surface area contributed by atoms with E-state index in [1.54, 1.807) is 0 Å². The van der Waals surface area contributed by atoms with Crippen LogP contribution in [0.5, 0.6) is 0 Å². The lowest BCUT2D eigenvalue weighted by molar-refractivity contribution is 1.13. The van der Waals surface area contributed by atoms with Gasteiger partial charge in [-0.1, -0.05) is 91.5 Å². The van der Waals surface area contributed by atoms with Crippen LogP contribution in [0.3, 0.4) is 0 Å². The summed E-state index contributed by atoms with van der Waals surface area (Å²) in [5.41, 5.74) is 14.1. The number of aryl methyl sites for hydroxylation is 1. The van der Waals surface area contributed by atoms with Crippen LogP contribution in [0.15, 0.2) is 151 Å².